The molecule has 2 aromatic heterocycles. The lowest BCUT2D eigenvalue weighted by molar-refractivity contribution is -0.121. The van der Waals surface area contributed by atoms with E-state index < -0.39 is 0 Å². The number of hydrogen-bond donors (Lipinski definition) is 1. The van der Waals surface area contributed by atoms with Crippen molar-refractivity contribution in [3.63, 3.8) is 0 Å². The summed E-state index contributed by atoms with van der Waals surface area (Å²) in [6, 6.07) is 0.334. The molecule has 20 heavy (non-hydrogen) atoms. The number of nitrogens with one attached hydrogen (secondary N) is 1. The van der Waals surface area contributed by atoms with Gasteiger partial charge in [0.05, 0.1) is 0 Å². The molecule has 1 amide bonds. The van der Waals surface area contributed by atoms with E-state index in [-0.39, 0.29) is 12.5 Å². The van der Waals surface area contributed by atoms with Crippen LogP contribution in [0.15, 0.2) is 24.2 Å². The van der Waals surface area contributed by atoms with Gasteiger partial charge in [-0.25, -0.2) is 14.6 Å². The third-order valence-corrected chi connectivity index (χ3v) is 4.16. The van der Waals surface area contributed by atoms with Crippen molar-refractivity contribution in [2.24, 2.45) is 0 Å². The van der Waals surface area contributed by atoms with E-state index >= 15 is 0 Å². The number of thiazole rings is 1. The minimum absolute atomic E-state index is 0.0403. The lowest BCUT2D eigenvalue weighted by Gasteiger charge is -2.24. The van der Waals surface area contributed by atoms with Crippen LogP contribution in [0.2, 0.25) is 0 Å². The van der Waals surface area contributed by atoms with E-state index in [1.807, 2.05) is 11.6 Å². The minimum Gasteiger partial charge on any atom is -0.352 e. The maximum absolute atomic E-state index is 11.8. The Morgan fingerprint density at radius 1 is 1.55 bits per heavy atom. The highest BCUT2D eigenvalue weighted by Gasteiger charge is 2.26. The third kappa shape index (κ3) is 2.96. The van der Waals surface area contributed by atoms with Crippen LogP contribution >= 0.6 is 11.3 Å². The van der Waals surface area contributed by atoms with Gasteiger partial charge in [0, 0.05) is 30.7 Å². The Bertz CT molecular complexity index is 540. The first-order valence-electron chi connectivity index (χ1n) is 6.58. The monoisotopic (exact) mass is 292 g/mol. The molecule has 7 nitrogen and oxygen atoms in total. The second kappa shape index (κ2) is 6.00. The Kier molecular flexibility index (Phi) is 3.91. The van der Waals surface area contributed by atoms with Gasteiger partial charge in [0.2, 0.25) is 5.91 Å². The molecule has 1 unspecified atom stereocenters. The summed E-state index contributed by atoms with van der Waals surface area (Å²) in [5, 5.41) is 9.90. The van der Waals surface area contributed by atoms with E-state index in [4.69, 9.17) is 0 Å². The van der Waals surface area contributed by atoms with Crippen LogP contribution in [0, 0.1) is 0 Å². The topological polar surface area (TPSA) is 75.9 Å². The van der Waals surface area contributed by atoms with Gasteiger partial charge < -0.3 is 10.2 Å². The van der Waals surface area contributed by atoms with Crippen molar-refractivity contribution < 1.29 is 4.79 Å². The summed E-state index contributed by atoms with van der Waals surface area (Å²) >= 11 is 1.64. The van der Waals surface area contributed by atoms with E-state index in [0.29, 0.717) is 12.6 Å². The first-order chi connectivity index (χ1) is 9.83. The summed E-state index contributed by atoms with van der Waals surface area (Å²) in [4.78, 5) is 22.3. The number of nitrogens with zero attached hydrogens (tertiary/aromatic N) is 5. The number of rotatable bonds is 5. The minimum atomic E-state index is -0.0403. The molecule has 106 valence electrons. The summed E-state index contributed by atoms with van der Waals surface area (Å²) in [7, 11) is 0. The SMILES string of the molecule is O=C(Cn1cncn1)NCC1CCCN1c1nccs1. The van der Waals surface area contributed by atoms with Crippen LogP contribution in [0.5, 0.6) is 0 Å². The molecular formula is C12H16N6OS. The molecule has 8 heteroatoms. The Labute approximate surface area is 120 Å². The first-order valence-corrected chi connectivity index (χ1v) is 7.46. The average molecular weight is 292 g/mol. The number of anilines is 1. The van der Waals surface area contributed by atoms with Gasteiger partial charge in [-0.15, -0.1) is 11.3 Å². The van der Waals surface area contributed by atoms with Crippen LogP contribution in [0.4, 0.5) is 5.13 Å². The maximum atomic E-state index is 11.8. The van der Waals surface area contributed by atoms with Crippen molar-refractivity contribution in [2.75, 3.05) is 18.0 Å². The lowest BCUT2D eigenvalue weighted by atomic mass is 10.2. The zero-order valence-electron chi connectivity index (χ0n) is 11.0. The molecule has 1 aliphatic heterocycles. The van der Waals surface area contributed by atoms with Crippen LogP contribution in [-0.4, -0.2) is 44.8 Å². The van der Waals surface area contributed by atoms with Crippen LogP contribution in [-0.2, 0) is 11.3 Å². The fraction of sp³-hybridized carbons (Fsp3) is 0.500. The Balaban J connectivity index is 1.51. The van der Waals surface area contributed by atoms with Crippen molar-refractivity contribution in [2.45, 2.75) is 25.4 Å². The Hall–Kier alpha value is -1.96. The predicted molar refractivity (Wildman–Crippen MR) is 75.5 cm³/mol. The molecule has 1 aliphatic rings. The number of amides is 1. The molecule has 0 spiro atoms. The van der Waals surface area contributed by atoms with Crippen LogP contribution in [0.3, 0.4) is 0 Å². The largest absolute Gasteiger partial charge is 0.352 e. The number of aromatic nitrogens is 4. The van der Waals surface area contributed by atoms with Gasteiger partial charge in [-0.3, -0.25) is 4.79 Å². The summed E-state index contributed by atoms with van der Waals surface area (Å²) in [6.07, 6.45) is 7.01. The van der Waals surface area contributed by atoms with Crippen molar-refractivity contribution in [3.05, 3.63) is 24.2 Å². The van der Waals surface area contributed by atoms with Crippen molar-refractivity contribution in [3.8, 4) is 0 Å². The van der Waals surface area contributed by atoms with E-state index in [1.54, 1.807) is 11.3 Å². The predicted octanol–water partition coefficient (Wildman–Crippen LogP) is 0.520. The second-order valence-electron chi connectivity index (χ2n) is 4.70. The highest BCUT2D eigenvalue weighted by Crippen LogP contribution is 2.26. The summed E-state index contributed by atoms with van der Waals surface area (Å²) in [5.74, 6) is -0.0403. The fourth-order valence-electron chi connectivity index (χ4n) is 2.41. The molecule has 3 rings (SSSR count). The molecule has 0 saturated carbocycles. The van der Waals surface area contributed by atoms with Crippen LogP contribution < -0.4 is 10.2 Å². The molecule has 1 saturated heterocycles. The molecule has 0 radical (unpaired) electrons. The van der Waals surface area contributed by atoms with Gasteiger partial charge in [0.1, 0.15) is 19.2 Å². The summed E-state index contributed by atoms with van der Waals surface area (Å²) in [5.41, 5.74) is 0. The van der Waals surface area contributed by atoms with E-state index in [9.17, 15) is 4.79 Å². The molecule has 0 bridgehead atoms. The maximum Gasteiger partial charge on any atom is 0.241 e. The normalized spacial score (nSPS) is 18.4. The smallest absolute Gasteiger partial charge is 0.241 e. The average Bonchev–Trinajstić information content (AvgIpc) is 3.18. The van der Waals surface area contributed by atoms with Gasteiger partial charge in [0.15, 0.2) is 5.13 Å². The second-order valence-corrected chi connectivity index (χ2v) is 5.57. The highest BCUT2D eigenvalue weighted by atomic mass is 32.1. The molecule has 3 heterocycles. The van der Waals surface area contributed by atoms with Crippen LogP contribution in [0.25, 0.3) is 0 Å². The van der Waals surface area contributed by atoms with Crippen molar-refractivity contribution in [1.29, 1.82) is 0 Å². The molecule has 1 atom stereocenters. The van der Waals surface area contributed by atoms with E-state index in [0.717, 1.165) is 24.5 Å². The first kappa shape index (κ1) is 13.0. The van der Waals surface area contributed by atoms with Crippen LogP contribution in [0.1, 0.15) is 12.8 Å². The van der Waals surface area contributed by atoms with Crippen molar-refractivity contribution in [1.82, 2.24) is 25.1 Å². The van der Waals surface area contributed by atoms with Gasteiger partial charge in [-0.05, 0) is 12.8 Å². The van der Waals surface area contributed by atoms with Gasteiger partial charge in [-0.1, -0.05) is 0 Å². The van der Waals surface area contributed by atoms with Crippen molar-refractivity contribution >= 4 is 22.4 Å². The molecule has 0 aliphatic carbocycles. The number of carbonyl (C=O) groups is 1. The molecule has 1 fully saturated rings. The Morgan fingerprint density at radius 2 is 2.50 bits per heavy atom. The quantitative estimate of drug-likeness (QED) is 0.869. The van der Waals surface area contributed by atoms with E-state index in [2.05, 4.69) is 25.3 Å². The van der Waals surface area contributed by atoms with E-state index in [1.165, 1.54) is 17.3 Å². The molecular weight excluding hydrogens is 276 g/mol. The third-order valence-electron chi connectivity index (χ3n) is 3.35. The van der Waals surface area contributed by atoms with Gasteiger partial charge in [-0.2, -0.15) is 5.10 Å². The molecule has 0 aromatic carbocycles. The number of carbonyl (C=O) groups excluding carboxylic acids is 1. The highest BCUT2D eigenvalue weighted by molar-refractivity contribution is 7.13. The zero-order valence-corrected chi connectivity index (χ0v) is 11.8. The summed E-state index contributed by atoms with van der Waals surface area (Å²) < 4.78 is 1.52. The molecule has 2 aromatic rings. The molecule has 1 N–H and O–H groups in total. The Morgan fingerprint density at radius 3 is 3.25 bits per heavy atom. The van der Waals surface area contributed by atoms with Gasteiger partial charge >= 0.3 is 0 Å². The lowest BCUT2D eigenvalue weighted by Crippen LogP contribution is -2.41. The number of hydrogen-bond acceptors (Lipinski definition) is 6. The summed E-state index contributed by atoms with van der Waals surface area (Å²) in [6.45, 7) is 1.87. The zero-order chi connectivity index (χ0) is 13.8. The fourth-order valence-corrected chi connectivity index (χ4v) is 3.15. The standard InChI is InChI=1S/C12H16N6OS/c19-11(7-17-9-13-8-16-17)15-6-10-2-1-4-18(10)12-14-3-5-20-12/h3,5,8-10H,1-2,4,6-7H2,(H,15,19). The van der Waals surface area contributed by atoms with Gasteiger partial charge in [0.25, 0.3) is 0 Å².